The summed E-state index contributed by atoms with van der Waals surface area (Å²) in [7, 11) is 0. The van der Waals surface area contributed by atoms with Crippen LogP contribution in [0.25, 0.3) is 0 Å². The second kappa shape index (κ2) is 7.72. The summed E-state index contributed by atoms with van der Waals surface area (Å²) in [5.41, 5.74) is 6.29. The van der Waals surface area contributed by atoms with Gasteiger partial charge in [0.2, 0.25) is 5.91 Å². The smallest absolute Gasteiger partial charge is 0.321 e. The Hall–Kier alpha value is -2.31. The minimum Gasteiger partial charge on any atom is -0.370 e. The number of carbonyl (C=O) groups is 2. The molecule has 7 heteroatoms. The second-order valence-corrected chi connectivity index (χ2v) is 6.92. The molecule has 3 amide bonds. The van der Waals surface area contributed by atoms with Gasteiger partial charge in [-0.05, 0) is 49.8 Å². The van der Waals surface area contributed by atoms with Crippen LogP contribution >= 0.6 is 0 Å². The lowest BCUT2D eigenvalue weighted by Crippen LogP contribution is -2.43. The van der Waals surface area contributed by atoms with E-state index < -0.39 is 0 Å². The normalized spacial score (nSPS) is 20.6. The van der Waals surface area contributed by atoms with Crippen LogP contribution in [0.2, 0.25) is 0 Å². The molecule has 0 aromatic heterocycles. The lowest BCUT2D eigenvalue weighted by Gasteiger charge is -2.32. The van der Waals surface area contributed by atoms with Crippen LogP contribution in [-0.4, -0.2) is 43.0 Å². The zero-order valence-electron chi connectivity index (χ0n) is 14.3. The molecule has 2 aliphatic rings. The molecule has 0 spiro atoms. The predicted molar refractivity (Wildman–Crippen MR) is 95.0 cm³/mol. The van der Waals surface area contributed by atoms with Gasteiger partial charge in [0.15, 0.2) is 0 Å². The van der Waals surface area contributed by atoms with Gasteiger partial charge in [0.05, 0.1) is 5.69 Å². The number of hydrogen-bond acceptors (Lipinski definition) is 3. The van der Waals surface area contributed by atoms with Gasteiger partial charge in [-0.3, -0.25) is 4.79 Å². The third-order valence-corrected chi connectivity index (χ3v) is 4.94. The number of nitrogens with two attached hydrogens (primary N) is 1. The number of nitrogens with zero attached hydrogens (tertiary/aromatic N) is 2. The lowest BCUT2D eigenvalue weighted by atomic mass is 9.95. The average molecular weight is 348 g/mol. The Balaban J connectivity index is 1.60. The van der Waals surface area contributed by atoms with Crippen LogP contribution in [0.15, 0.2) is 18.2 Å². The minimum atomic E-state index is -0.341. The molecule has 1 aromatic rings. The molecule has 2 aliphatic heterocycles. The first-order valence-corrected chi connectivity index (χ1v) is 8.91. The van der Waals surface area contributed by atoms with Crippen molar-refractivity contribution in [2.75, 3.05) is 36.4 Å². The Morgan fingerprint density at radius 1 is 1.20 bits per heavy atom. The van der Waals surface area contributed by atoms with Crippen LogP contribution in [0, 0.1) is 11.7 Å². The van der Waals surface area contributed by atoms with E-state index in [-0.39, 0.29) is 23.7 Å². The predicted octanol–water partition coefficient (Wildman–Crippen LogP) is 2.55. The quantitative estimate of drug-likeness (QED) is 0.878. The van der Waals surface area contributed by atoms with E-state index in [0.29, 0.717) is 30.9 Å². The number of hydrogen-bond donors (Lipinski definition) is 2. The number of halogens is 1. The highest BCUT2D eigenvalue weighted by atomic mass is 19.1. The molecule has 3 N–H and O–H groups in total. The molecular formula is C18H25FN4O2. The highest BCUT2D eigenvalue weighted by Crippen LogP contribution is 2.26. The Kier molecular flexibility index (Phi) is 5.40. The van der Waals surface area contributed by atoms with Gasteiger partial charge >= 0.3 is 6.03 Å². The van der Waals surface area contributed by atoms with Crippen LogP contribution in [0.3, 0.4) is 0 Å². The summed E-state index contributed by atoms with van der Waals surface area (Å²) in [6.45, 7) is 2.88. The van der Waals surface area contributed by atoms with Crippen molar-refractivity contribution in [3.63, 3.8) is 0 Å². The van der Waals surface area contributed by atoms with Gasteiger partial charge in [0, 0.05) is 38.3 Å². The van der Waals surface area contributed by atoms with Gasteiger partial charge in [-0.1, -0.05) is 0 Å². The molecule has 3 rings (SSSR count). The average Bonchev–Trinajstić information content (AvgIpc) is 3.09. The van der Waals surface area contributed by atoms with Gasteiger partial charge in [0.1, 0.15) is 5.82 Å². The standard InChI is InChI=1S/C18H25FN4O2/c19-15-11-14(5-6-16(15)22-7-1-2-8-22)21-18(25)23-9-3-4-13(12-23)10-17(20)24/h5-6,11,13H,1-4,7-10,12H2,(H2,20,24)(H,21,25)/t13-/m0/s1. The maximum Gasteiger partial charge on any atom is 0.321 e. The molecule has 136 valence electrons. The molecule has 1 atom stereocenters. The van der Waals surface area contributed by atoms with E-state index in [2.05, 4.69) is 5.32 Å². The number of anilines is 2. The van der Waals surface area contributed by atoms with Crippen molar-refractivity contribution in [3.8, 4) is 0 Å². The topological polar surface area (TPSA) is 78.7 Å². The summed E-state index contributed by atoms with van der Waals surface area (Å²) in [6, 6.07) is 4.57. The number of likely N-dealkylation sites (tertiary alicyclic amines) is 1. The van der Waals surface area contributed by atoms with Gasteiger partial charge in [0.25, 0.3) is 0 Å². The molecule has 0 unspecified atom stereocenters. The van der Waals surface area contributed by atoms with Crippen LogP contribution in [-0.2, 0) is 4.79 Å². The molecule has 0 bridgehead atoms. The first-order chi connectivity index (χ1) is 12.0. The van der Waals surface area contributed by atoms with Crippen LogP contribution in [0.1, 0.15) is 32.1 Å². The number of nitrogens with one attached hydrogen (secondary N) is 1. The van der Waals surface area contributed by atoms with Crippen molar-refractivity contribution in [1.29, 1.82) is 0 Å². The summed E-state index contributed by atoms with van der Waals surface area (Å²) in [5.74, 6) is -0.553. The molecular weight excluding hydrogens is 323 g/mol. The Morgan fingerprint density at radius 2 is 1.96 bits per heavy atom. The maximum atomic E-state index is 14.3. The molecule has 1 aromatic carbocycles. The third kappa shape index (κ3) is 4.41. The van der Waals surface area contributed by atoms with Crippen molar-refractivity contribution < 1.29 is 14.0 Å². The van der Waals surface area contributed by atoms with E-state index in [0.717, 1.165) is 38.8 Å². The fourth-order valence-corrected chi connectivity index (χ4v) is 3.70. The molecule has 0 saturated carbocycles. The maximum absolute atomic E-state index is 14.3. The number of urea groups is 1. The minimum absolute atomic E-state index is 0.103. The zero-order valence-corrected chi connectivity index (χ0v) is 14.3. The number of amides is 3. The molecule has 2 heterocycles. The summed E-state index contributed by atoms with van der Waals surface area (Å²) in [6.07, 6.45) is 4.20. The SMILES string of the molecule is NC(=O)C[C@@H]1CCCN(C(=O)Nc2ccc(N3CCCC3)c(F)c2)C1. The highest BCUT2D eigenvalue weighted by Gasteiger charge is 2.25. The summed E-state index contributed by atoms with van der Waals surface area (Å²) >= 11 is 0. The first kappa shape index (κ1) is 17.5. The first-order valence-electron chi connectivity index (χ1n) is 8.91. The van der Waals surface area contributed by atoms with E-state index in [1.54, 1.807) is 17.0 Å². The monoisotopic (exact) mass is 348 g/mol. The Bertz CT molecular complexity index is 646. The van der Waals surface area contributed by atoms with Gasteiger partial charge < -0.3 is 20.9 Å². The van der Waals surface area contributed by atoms with Crippen LogP contribution in [0.4, 0.5) is 20.6 Å². The van der Waals surface area contributed by atoms with Crippen molar-refractivity contribution in [2.45, 2.75) is 32.1 Å². The molecule has 6 nitrogen and oxygen atoms in total. The zero-order chi connectivity index (χ0) is 17.8. The summed E-state index contributed by atoms with van der Waals surface area (Å²) < 4.78 is 14.3. The van der Waals surface area contributed by atoms with Crippen LogP contribution < -0.4 is 16.0 Å². The molecule has 2 fully saturated rings. The van der Waals surface area contributed by atoms with E-state index in [1.807, 2.05) is 4.90 Å². The van der Waals surface area contributed by atoms with Gasteiger partial charge in [-0.2, -0.15) is 0 Å². The van der Waals surface area contributed by atoms with E-state index >= 15 is 0 Å². The van der Waals surface area contributed by atoms with Gasteiger partial charge in [-0.15, -0.1) is 0 Å². The van der Waals surface area contributed by atoms with Crippen molar-refractivity contribution >= 4 is 23.3 Å². The lowest BCUT2D eigenvalue weighted by molar-refractivity contribution is -0.119. The number of benzene rings is 1. The third-order valence-electron chi connectivity index (χ3n) is 4.94. The number of piperidine rings is 1. The largest absolute Gasteiger partial charge is 0.370 e. The molecule has 0 aliphatic carbocycles. The highest BCUT2D eigenvalue weighted by molar-refractivity contribution is 5.89. The van der Waals surface area contributed by atoms with Gasteiger partial charge in [-0.25, -0.2) is 9.18 Å². The summed E-state index contributed by atoms with van der Waals surface area (Å²) in [5, 5.41) is 2.76. The van der Waals surface area contributed by atoms with E-state index in [1.165, 1.54) is 6.07 Å². The Labute approximate surface area is 147 Å². The second-order valence-electron chi connectivity index (χ2n) is 6.92. The van der Waals surface area contributed by atoms with Crippen LogP contribution in [0.5, 0.6) is 0 Å². The fraction of sp³-hybridized carbons (Fsp3) is 0.556. The number of carbonyl (C=O) groups excluding carboxylic acids is 2. The fourth-order valence-electron chi connectivity index (χ4n) is 3.70. The van der Waals surface area contributed by atoms with Crippen molar-refractivity contribution in [2.24, 2.45) is 11.7 Å². The van der Waals surface area contributed by atoms with Crippen molar-refractivity contribution in [1.82, 2.24) is 4.90 Å². The number of rotatable bonds is 4. The molecule has 0 radical (unpaired) electrons. The molecule has 2 saturated heterocycles. The van der Waals surface area contributed by atoms with Crippen molar-refractivity contribution in [3.05, 3.63) is 24.0 Å². The number of primary amides is 1. The van der Waals surface area contributed by atoms with E-state index in [4.69, 9.17) is 5.73 Å². The summed E-state index contributed by atoms with van der Waals surface area (Å²) in [4.78, 5) is 27.2. The van der Waals surface area contributed by atoms with E-state index in [9.17, 15) is 14.0 Å². The Morgan fingerprint density at radius 3 is 2.64 bits per heavy atom. The molecule has 25 heavy (non-hydrogen) atoms.